The number of ether oxygens (including phenoxy) is 1. The highest BCUT2D eigenvalue weighted by atomic mass is 32.2. The molecule has 0 aliphatic heterocycles. The van der Waals surface area contributed by atoms with Gasteiger partial charge < -0.3 is 10.1 Å². The first-order valence-corrected chi connectivity index (χ1v) is 11.7. The molecule has 0 bridgehead atoms. The first kappa shape index (κ1) is 22.1. The molecule has 0 radical (unpaired) electrons. The number of para-hydroxylation sites is 1. The number of amides is 1. The van der Waals surface area contributed by atoms with E-state index in [0.29, 0.717) is 18.1 Å². The third-order valence-electron chi connectivity index (χ3n) is 5.52. The summed E-state index contributed by atoms with van der Waals surface area (Å²) in [5.41, 5.74) is 3.76. The molecule has 166 valence electrons. The minimum absolute atomic E-state index is 0.105. The summed E-state index contributed by atoms with van der Waals surface area (Å²) in [5.74, 6) is 0.848. The van der Waals surface area contributed by atoms with Gasteiger partial charge in [-0.05, 0) is 43.4 Å². The molecule has 1 aliphatic rings. The first-order valence-electron chi connectivity index (χ1n) is 10.7. The Hall–Kier alpha value is -3.13. The molecule has 0 fully saturated rings. The van der Waals surface area contributed by atoms with Crippen molar-refractivity contribution < 1.29 is 9.53 Å². The zero-order valence-corrected chi connectivity index (χ0v) is 18.9. The second-order valence-electron chi connectivity index (χ2n) is 7.66. The Morgan fingerprint density at radius 1 is 1.19 bits per heavy atom. The smallest absolute Gasteiger partial charge is 0.349 e. The standard InChI is InChI=1S/C24H26N4O3S/c1-31-21-11-5-2-8-18(21)14-26-22(29)16-32-23-19-9-3-4-10-20(19)28(24(30)27-23)15-17-7-6-12-25-13-17/h2,5-8,11-13H,3-4,9-10,14-16H2,1H3,(H,26,29). The van der Waals surface area contributed by atoms with E-state index in [1.54, 1.807) is 24.1 Å². The summed E-state index contributed by atoms with van der Waals surface area (Å²) in [6.07, 6.45) is 7.33. The maximum atomic E-state index is 12.8. The predicted molar refractivity (Wildman–Crippen MR) is 124 cm³/mol. The number of pyridine rings is 1. The third-order valence-corrected chi connectivity index (χ3v) is 6.54. The molecule has 0 saturated carbocycles. The van der Waals surface area contributed by atoms with Gasteiger partial charge in [0, 0.05) is 35.8 Å². The number of fused-ring (bicyclic) bond motifs is 1. The van der Waals surface area contributed by atoms with Crippen molar-refractivity contribution >= 4 is 17.7 Å². The number of aromatic nitrogens is 3. The molecule has 4 rings (SSSR count). The normalized spacial score (nSPS) is 12.8. The number of benzene rings is 1. The van der Waals surface area contributed by atoms with Crippen molar-refractivity contribution in [2.45, 2.75) is 43.8 Å². The zero-order chi connectivity index (χ0) is 22.3. The van der Waals surface area contributed by atoms with Gasteiger partial charge in [-0.2, -0.15) is 4.98 Å². The van der Waals surface area contributed by atoms with Crippen LogP contribution in [0.5, 0.6) is 5.75 Å². The van der Waals surface area contributed by atoms with Crippen LogP contribution in [0.1, 0.15) is 35.2 Å². The maximum absolute atomic E-state index is 12.8. The molecule has 0 spiro atoms. The molecular formula is C24H26N4O3S. The van der Waals surface area contributed by atoms with Crippen molar-refractivity contribution in [1.82, 2.24) is 19.9 Å². The fourth-order valence-electron chi connectivity index (χ4n) is 3.93. The quantitative estimate of drug-likeness (QED) is 0.419. The van der Waals surface area contributed by atoms with Crippen LogP contribution in [0.15, 0.2) is 58.6 Å². The van der Waals surface area contributed by atoms with Gasteiger partial charge in [-0.3, -0.25) is 14.3 Å². The van der Waals surface area contributed by atoms with Crippen molar-refractivity contribution in [2.24, 2.45) is 0 Å². The highest BCUT2D eigenvalue weighted by Gasteiger charge is 2.21. The summed E-state index contributed by atoms with van der Waals surface area (Å²) in [7, 11) is 1.61. The van der Waals surface area contributed by atoms with Crippen LogP contribution in [-0.4, -0.2) is 33.3 Å². The summed E-state index contributed by atoms with van der Waals surface area (Å²) < 4.78 is 7.09. The van der Waals surface area contributed by atoms with E-state index in [4.69, 9.17) is 4.74 Å². The molecule has 3 aromatic rings. The molecular weight excluding hydrogens is 424 g/mol. The van der Waals surface area contributed by atoms with Gasteiger partial charge in [0.25, 0.3) is 0 Å². The summed E-state index contributed by atoms with van der Waals surface area (Å²) in [4.78, 5) is 33.8. The molecule has 1 amide bonds. The molecule has 7 nitrogen and oxygen atoms in total. The van der Waals surface area contributed by atoms with Gasteiger partial charge in [-0.1, -0.05) is 36.0 Å². The van der Waals surface area contributed by atoms with Crippen molar-refractivity contribution in [3.8, 4) is 5.75 Å². The number of thioether (sulfide) groups is 1. The molecule has 0 saturated heterocycles. The fourth-order valence-corrected chi connectivity index (χ4v) is 4.84. The molecule has 1 aromatic carbocycles. The van der Waals surface area contributed by atoms with Crippen molar-refractivity contribution in [2.75, 3.05) is 12.9 Å². The van der Waals surface area contributed by atoms with E-state index in [1.165, 1.54) is 11.8 Å². The van der Waals surface area contributed by atoms with E-state index in [0.717, 1.165) is 53.8 Å². The number of hydrogen-bond acceptors (Lipinski definition) is 6. The fraction of sp³-hybridized carbons (Fsp3) is 0.333. The van der Waals surface area contributed by atoms with Crippen LogP contribution in [0.25, 0.3) is 0 Å². The lowest BCUT2D eigenvalue weighted by Crippen LogP contribution is -2.31. The number of nitrogens with zero attached hydrogens (tertiary/aromatic N) is 3. The van der Waals surface area contributed by atoms with E-state index in [2.05, 4.69) is 15.3 Å². The van der Waals surface area contributed by atoms with Crippen LogP contribution in [-0.2, 0) is 30.7 Å². The number of methoxy groups -OCH3 is 1. The summed E-state index contributed by atoms with van der Waals surface area (Å²) in [6, 6.07) is 11.4. The highest BCUT2D eigenvalue weighted by Crippen LogP contribution is 2.28. The SMILES string of the molecule is COc1ccccc1CNC(=O)CSc1nc(=O)n(Cc2cccnc2)c2c1CCCC2. The Balaban J connectivity index is 1.46. The van der Waals surface area contributed by atoms with Crippen molar-refractivity contribution in [1.29, 1.82) is 0 Å². The Labute approximate surface area is 191 Å². The molecule has 0 atom stereocenters. The van der Waals surface area contributed by atoms with Crippen LogP contribution in [0, 0.1) is 0 Å². The van der Waals surface area contributed by atoms with Crippen LogP contribution < -0.4 is 15.7 Å². The van der Waals surface area contributed by atoms with E-state index < -0.39 is 0 Å². The largest absolute Gasteiger partial charge is 0.496 e. The van der Waals surface area contributed by atoms with Gasteiger partial charge in [-0.25, -0.2) is 4.79 Å². The average molecular weight is 451 g/mol. The van der Waals surface area contributed by atoms with Crippen molar-refractivity contribution in [3.63, 3.8) is 0 Å². The average Bonchev–Trinajstić information content (AvgIpc) is 2.84. The van der Waals surface area contributed by atoms with Crippen molar-refractivity contribution in [3.05, 3.63) is 81.7 Å². The van der Waals surface area contributed by atoms with Crippen LogP contribution in [0.2, 0.25) is 0 Å². The summed E-state index contributed by atoms with van der Waals surface area (Å²) in [6.45, 7) is 0.855. The lowest BCUT2D eigenvalue weighted by atomic mass is 9.97. The van der Waals surface area contributed by atoms with Crippen LogP contribution in [0.4, 0.5) is 0 Å². The van der Waals surface area contributed by atoms with E-state index in [-0.39, 0.29) is 17.3 Å². The minimum Gasteiger partial charge on any atom is -0.496 e. The number of rotatable bonds is 8. The lowest BCUT2D eigenvalue weighted by Gasteiger charge is -2.22. The van der Waals surface area contributed by atoms with Gasteiger partial charge in [0.05, 0.1) is 19.4 Å². The molecule has 32 heavy (non-hydrogen) atoms. The highest BCUT2D eigenvalue weighted by molar-refractivity contribution is 7.99. The second kappa shape index (κ2) is 10.5. The number of nitrogens with one attached hydrogen (secondary N) is 1. The lowest BCUT2D eigenvalue weighted by molar-refractivity contribution is -0.118. The Morgan fingerprint density at radius 3 is 2.84 bits per heavy atom. The summed E-state index contributed by atoms with van der Waals surface area (Å²) in [5, 5.41) is 3.60. The Kier molecular flexibility index (Phi) is 7.21. The monoisotopic (exact) mass is 450 g/mol. The molecule has 8 heteroatoms. The number of carbonyl (C=O) groups excluding carboxylic acids is 1. The number of carbonyl (C=O) groups is 1. The van der Waals surface area contributed by atoms with E-state index >= 15 is 0 Å². The van der Waals surface area contributed by atoms with Crippen LogP contribution >= 0.6 is 11.8 Å². The van der Waals surface area contributed by atoms with Gasteiger partial charge in [0.2, 0.25) is 5.91 Å². The minimum atomic E-state index is -0.272. The van der Waals surface area contributed by atoms with Crippen LogP contribution in [0.3, 0.4) is 0 Å². The number of hydrogen-bond donors (Lipinski definition) is 1. The van der Waals surface area contributed by atoms with Gasteiger partial charge in [0.1, 0.15) is 10.8 Å². The van der Waals surface area contributed by atoms with E-state index in [1.807, 2.05) is 36.4 Å². The first-order chi connectivity index (χ1) is 15.7. The molecule has 0 unspecified atom stereocenters. The zero-order valence-electron chi connectivity index (χ0n) is 18.0. The molecule has 1 N–H and O–H groups in total. The topological polar surface area (TPSA) is 86.1 Å². The second-order valence-corrected chi connectivity index (χ2v) is 8.62. The van der Waals surface area contributed by atoms with Gasteiger partial charge in [0.15, 0.2) is 0 Å². The molecule has 1 aliphatic carbocycles. The Morgan fingerprint density at radius 2 is 2.03 bits per heavy atom. The maximum Gasteiger partial charge on any atom is 0.349 e. The predicted octanol–water partition coefficient (Wildman–Crippen LogP) is 2.98. The van der Waals surface area contributed by atoms with Gasteiger partial charge in [-0.15, -0.1) is 0 Å². The molecule has 2 aromatic heterocycles. The third kappa shape index (κ3) is 5.19. The van der Waals surface area contributed by atoms with Gasteiger partial charge >= 0.3 is 5.69 Å². The van der Waals surface area contributed by atoms with E-state index in [9.17, 15) is 9.59 Å². The Bertz CT molecular complexity index is 1150. The molecule has 2 heterocycles. The summed E-state index contributed by atoms with van der Waals surface area (Å²) >= 11 is 1.34.